The fraction of sp³-hybridized carbons (Fsp3) is 0.0690. The van der Waals surface area contributed by atoms with Crippen molar-refractivity contribution >= 4 is 32.7 Å². The molecule has 6 rings (SSSR count). The van der Waals surface area contributed by atoms with Crippen LogP contribution in [0.2, 0.25) is 0 Å². The molecule has 148 valence electrons. The maximum atomic E-state index is 7.95. The van der Waals surface area contributed by atoms with Gasteiger partial charge in [0.2, 0.25) is 0 Å². The molecule has 0 unspecified atom stereocenters. The minimum Gasteiger partial charge on any atom is -0.455 e. The van der Waals surface area contributed by atoms with E-state index in [1.54, 1.807) is 0 Å². The number of benzene rings is 4. The number of hydrogen-bond acceptors (Lipinski definition) is 2. The molecule has 0 spiro atoms. The molecule has 0 atom stereocenters. The predicted molar refractivity (Wildman–Crippen MR) is 129 cm³/mol. The highest BCUT2D eigenvalue weighted by Crippen LogP contribution is 2.43. The number of aromatic nitrogens is 1. The van der Waals surface area contributed by atoms with E-state index in [1.165, 1.54) is 6.07 Å². The monoisotopic (exact) mass is 405 g/mol. The van der Waals surface area contributed by atoms with Gasteiger partial charge in [0.1, 0.15) is 11.2 Å². The molecule has 0 radical (unpaired) electrons. The molecule has 2 aromatic heterocycles. The second-order valence-electron chi connectivity index (χ2n) is 7.61. The van der Waals surface area contributed by atoms with E-state index in [0.717, 1.165) is 44.5 Å². The van der Waals surface area contributed by atoms with Crippen LogP contribution in [0.25, 0.3) is 55.1 Å². The standard InChI is InChI=1S/C29H21NO/c1-18-15-26(30-17-19(18)2)23-13-8-14-24-27-25(20-9-4-3-5-10-20)16-21-11-6-7-12-22(21)29(27)31-28(23)24/h3-17H,1-2H3/i1D3,2D3. The number of hydrogen-bond donors (Lipinski definition) is 0. The molecule has 4 aromatic carbocycles. The van der Waals surface area contributed by atoms with Crippen molar-refractivity contribution in [3.8, 4) is 22.4 Å². The summed E-state index contributed by atoms with van der Waals surface area (Å²) in [7, 11) is 0. The molecule has 0 bridgehead atoms. The lowest BCUT2D eigenvalue weighted by Gasteiger charge is -2.07. The molecule has 31 heavy (non-hydrogen) atoms. The van der Waals surface area contributed by atoms with Crippen molar-refractivity contribution in [1.82, 2.24) is 4.98 Å². The number of rotatable bonds is 2. The molecule has 2 heteroatoms. The van der Waals surface area contributed by atoms with Gasteiger partial charge in [-0.2, -0.15) is 0 Å². The van der Waals surface area contributed by atoms with Gasteiger partial charge < -0.3 is 4.42 Å². The Morgan fingerprint density at radius 1 is 0.710 bits per heavy atom. The number of para-hydroxylation sites is 1. The largest absolute Gasteiger partial charge is 0.455 e. The Bertz CT molecular complexity index is 1800. The van der Waals surface area contributed by atoms with Crippen molar-refractivity contribution < 1.29 is 12.6 Å². The van der Waals surface area contributed by atoms with Crippen molar-refractivity contribution in [2.24, 2.45) is 0 Å². The molecule has 0 aliphatic rings. The van der Waals surface area contributed by atoms with Crippen molar-refractivity contribution in [3.05, 3.63) is 102 Å². The molecular weight excluding hydrogens is 378 g/mol. The predicted octanol–water partition coefficient (Wildman–Crippen LogP) is 8.09. The highest BCUT2D eigenvalue weighted by atomic mass is 16.3. The van der Waals surface area contributed by atoms with Gasteiger partial charge in [0.05, 0.1) is 5.69 Å². The Kier molecular flexibility index (Phi) is 2.79. The van der Waals surface area contributed by atoms with Crippen LogP contribution in [0.5, 0.6) is 0 Å². The highest BCUT2D eigenvalue weighted by Gasteiger charge is 2.19. The number of fused-ring (bicyclic) bond motifs is 5. The SMILES string of the molecule is [2H]C([2H])([2H])c1cnc(-c2cccc3c2oc2c4ccccc4cc(-c4ccccc4)c32)cc1C([2H])([2H])[2H]. The van der Waals surface area contributed by atoms with Crippen molar-refractivity contribution in [2.45, 2.75) is 13.7 Å². The summed E-state index contributed by atoms with van der Waals surface area (Å²) in [6, 6.07) is 27.3. The molecule has 0 saturated carbocycles. The summed E-state index contributed by atoms with van der Waals surface area (Å²) in [6.45, 7) is -5.20. The van der Waals surface area contributed by atoms with Crippen LogP contribution in [0.15, 0.2) is 95.5 Å². The maximum absolute atomic E-state index is 7.95. The van der Waals surface area contributed by atoms with Gasteiger partial charge in [-0.15, -0.1) is 0 Å². The van der Waals surface area contributed by atoms with Crippen LogP contribution in [0, 0.1) is 13.7 Å². The van der Waals surface area contributed by atoms with Crippen LogP contribution in [-0.4, -0.2) is 4.98 Å². The summed E-state index contributed by atoms with van der Waals surface area (Å²) in [5, 5.41) is 3.83. The third-order valence-corrected chi connectivity index (χ3v) is 5.75. The quantitative estimate of drug-likeness (QED) is 0.291. The van der Waals surface area contributed by atoms with Gasteiger partial charge >= 0.3 is 0 Å². The molecule has 0 saturated heterocycles. The Labute approximate surface area is 189 Å². The van der Waals surface area contributed by atoms with E-state index in [-0.39, 0.29) is 11.1 Å². The fourth-order valence-corrected chi connectivity index (χ4v) is 4.28. The van der Waals surface area contributed by atoms with Gasteiger partial charge in [0.15, 0.2) is 0 Å². The number of aryl methyl sites for hydroxylation is 2. The number of pyridine rings is 1. The summed E-state index contributed by atoms with van der Waals surface area (Å²) >= 11 is 0. The molecule has 0 aliphatic carbocycles. The first kappa shape index (κ1) is 12.7. The average molecular weight is 406 g/mol. The summed E-state index contributed by atoms with van der Waals surface area (Å²) in [4.78, 5) is 4.38. The normalized spacial score (nSPS) is 15.2. The average Bonchev–Trinajstić information content (AvgIpc) is 3.27. The third kappa shape index (κ3) is 2.76. The Hall–Kier alpha value is -3.91. The zero-order valence-corrected chi connectivity index (χ0v) is 16.5. The fourth-order valence-electron chi connectivity index (χ4n) is 4.28. The van der Waals surface area contributed by atoms with Crippen molar-refractivity contribution in [1.29, 1.82) is 0 Å². The summed E-state index contributed by atoms with van der Waals surface area (Å²) in [5.74, 6) is 0. The third-order valence-electron chi connectivity index (χ3n) is 5.75. The lowest BCUT2D eigenvalue weighted by molar-refractivity contribution is 0.673. The van der Waals surface area contributed by atoms with Gasteiger partial charge in [0, 0.05) is 36.1 Å². The van der Waals surface area contributed by atoms with E-state index in [0.29, 0.717) is 16.8 Å². The van der Waals surface area contributed by atoms with Crippen molar-refractivity contribution in [3.63, 3.8) is 0 Å². The van der Waals surface area contributed by atoms with Crippen LogP contribution >= 0.6 is 0 Å². The molecule has 6 aromatic rings. The maximum Gasteiger partial charge on any atom is 0.144 e. The van der Waals surface area contributed by atoms with Crippen LogP contribution in [0.3, 0.4) is 0 Å². The first-order valence-corrected chi connectivity index (χ1v) is 10.1. The second-order valence-corrected chi connectivity index (χ2v) is 7.61. The van der Waals surface area contributed by atoms with Gasteiger partial charge in [-0.1, -0.05) is 66.7 Å². The minimum absolute atomic E-state index is 0.235. The van der Waals surface area contributed by atoms with Crippen LogP contribution in [0.4, 0.5) is 0 Å². The van der Waals surface area contributed by atoms with Crippen LogP contribution in [-0.2, 0) is 0 Å². The molecule has 0 N–H and O–H groups in total. The van der Waals surface area contributed by atoms with Gasteiger partial charge in [-0.25, -0.2) is 0 Å². The summed E-state index contributed by atoms with van der Waals surface area (Å²) in [6.07, 6.45) is 1.15. The number of furan rings is 1. The van der Waals surface area contributed by atoms with E-state index in [2.05, 4.69) is 23.2 Å². The van der Waals surface area contributed by atoms with E-state index in [4.69, 9.17) is 12.6 Å². The Balaban J connectivity index is 1.69. The smallest absolute Gasteiger partial charge is 0.144 e. The molecule has 0 fully saturated rings. The van der Waals surface area contributed by atoms with Gasteiger partial charge in [0.25, 0.3) is 0 Å². The zero-order chi connectivity index (χ0) is 25.9. The van der Waals surface area contributed by atoms with E-state index in [9.17, 15) is 0 Å². The van der Waals surface area contributed by atoms with Crippen LogP contribution < -0.4 is 0 Å². The Morgan fingerprint density at radius 3 is 2.39 bits per heavy atom. The highest BCUT2D eigenvalue weighted by molar-refractivity contribution is 6.22. The lowest BCUT2D eigenvalue weighted by atomic mass is 9.95. The van der Waals surface area contributed by atoms with E-state index < -0.39 is 13.7 Å². The number of nitrogens with zero attached hydrogens (tertiary/aromatic N) is 1. The van der Waals surface area contributed by atoms with E-state index in [1.807, 2.05) is 60.7 Å². The van der Waals surface area contributed by atoms with Gasteiger partial charge in [-0.3, -0.25) is 4.98 Å². The van der Waals surface area contributed by atoms with Gasteiger partial charge in [-0.05, 0) is 59.5 Å². The van der Waals surface area contributed by atoms with Crippen molar-refractivity contribution in [2.75, 3.05) is 0 Å². The second kappa shape index (κ2) is 6.82. The Morgan fingerprint density at radius 2 is 1.52 bits per heavy atom. The first-order valence-electron chi connectivity index (χ1n) is 13.1. The van der Waals surface area contributed by atoms with Crippen LogP contribution in [0.1, 0.15) is 19.4 Å². The first-order chi connectivity index (χ1) is 17.6. The molecule has 0 aliphatic heterocycles. The lowest BCUT2D eigenvalue weighted by Crippen LogP contribution is -1.88. The topological polar surface area (TPSA) is 26.0 Å². The van der Waals surface area contributed by atoms with E-state index >= 15 is 0 Å². The summed E-state index contributed by atoms with van der Waals surface area (Å²) < 4.78 is 53.7. The molecule has 2 heterocycles. The molecular formula is C29H21NO. The summed E-state index contributed by atoms with van der Waals surface area (Å²) in [5.41, 5.74) is 3.81. The molecule has 2 nitrogen and oxygen atoms in total. The molecule has 0 amide bonds. The minimum atomic E-state index is -2.61. The zero-order valence-electron chi connectivity index (χ0n) is 22.5.